The van der Waals surface area contributed by atoms with Crippen LogP contribution in [0.15, 0.2) is 54.6 Å². The second-order valence-electron chi connectivity index (χ2n) is 7.35. The molecule has 0 spiro atoms. The molecule has 0 radical (unpaired) electrons. The Balaban J connectivity index is 2.30. The van der Waals surface area contributed by atoms with Gasteiger partial charge in [-0.2, -0.15) is 21.6 Å². The molecule has 2 aromatic rings. The predicted molar refractivity (Wildman–Crippen MR) is 113 cm³/mol. The zero-order valence-corrected chi connectivity index (χ0v) is 18.7. The van der Waals surface area contributed by atoms with E-state index in [0.717, 1.165) is 12.1 Å². The molecule has 0 aliphatic carbocycles. The summed E-state index contributed by atoms with van der Waals surface area (Å²) in [5, 5.41) is 0.104. The van der Waals surface area contributed by atoms with Crippen molar-refractivity contribution >= 4 is 22.0 Å². The largest absolute Gasteiger partial charge is 0.459 e. The van der Waals surface area contributed by atoms with Crippen LogP contribution in [-0.4, -0.2) is 30.4 Å². The number of esters is 1. The predicted octanol–water partition coefficient (Wildman–Crippen LogP) is 4.05. The van der Waals surface area contributed by atoms with Gasteiger partial charge in [0.25, 0.3) is 10.1 Å². The molecule has 180 valence electrons. The normalized spacial score (nSPS) is 13.3. The maximum atomic E-state index is 12.9. The van der Waals surface area contributed by atoms with Crippen LogP contribution in [0.5, 0.6) is 0 Å². The highest BCUT2D eigenvalue weighted by molar-refractivity contribution is 7.86. The van der Waals surface area contributed by atoms with Gasteiger partial charge < -0.3 is 10.1 Å². The smallest absolute Gasteiger partial charge is 0.416 e. The fourth-order valence-corrected chi connectivity index (χ4v) is 4.07. The molecule has 0 aromatic heterocycles. The minimum Gasteiger partial charge on any atom is -0.459 e. The summed E-state index contributed by atoms with van der Waals surface area (Å²) < 4.78 is 77.3. The average molecular weight is 487 g/mol. The molecule has 11 heteroatoms. The van der Waals surface area contributed by atoms with Crippen molar-refractivity contribution < 1.29 is 40.5 Å². The Bertz CT molecular complexity index is 1070. The SMILES string of the molecule is CCC(CC)(NC(=O)C(c1ccc(C(F)(F)F)cc1)S(=O)(=O)O)C(=O)OCc1ccccc1. The molecule has 0 heterocycles. The lowest BCUT2D eigenvalue weighted by atomic mass is 9.92. The Morgan fingerprint density at radius 3 is 2.00 bits per heavy atom. The fraction of sp³-hybridized carbons (Fsp3) is 0.364. The first-order valence-electron chi connectivity index (χ1n) is 10.0. The number of rotatable bonds is 9. The maximum absolute atomic E-state index is 12.9. The Morgan fingerprint density at radius 1 is 1.00 bits per heavy atom. The van der Waals surface area contributed by atoms with Gasteiger partial charge in [0.1, 0.15) is 12.1 Å². The Labute approximate surface area is 189 Å². The van der Waals surface area contributed by atoms with E-state index in [1.165, 1.54) is 0 Å². The Hall–Kier alpha value is -2.92. The molecular formula is C22H24F3NO6S. The summed E-state index contributed by atoms with van der Waals surface area (Å²) in [4.78, 5) is 25.7. The number of alkyl halides is 3. The zero-order chi connectivity index (χ0) is 24.9. The van der Waals surface area contributed by atoms with Gasteiger partial charge >= 0.3 is 12.1 Å². The third-order valence-corrected chi connectivity index (χ3v) is 6.33. The molecular weight excluding hydrogens is 463 g/mol. The topological polar surface area (TPSA) is 110 Å². The van der Waals surface area contributed by atoms with Crippen LogP contribution in [0.3, 0.4) is 0 Å². The molecule has 0 saturated heterocycles. The first kappa shape index (κ1) is 26.3. The summed E-state index contributed by atoms with van der Waals surface area (Å²) in [7, 11) is -5.08. The van der Waals surface area contributed by atoms with E-state index in [4.69, 9.17) is 4.74 Å². The summed E-state index contributed by atoms with van der Waals surface area (Å²) in [5.41, 5.74) is -2.36. The first-order chi connectivity index (χ1) is 15.3. The molecule has 0 aliphatic rings. The van der Waals surface area contributed by atoms with Crippen molar-refractivity contribution in [3.8, 4) is 0 Å². The van der Waals surface area contributed by atoms with Crippen molar-refractivity contribution in [1.82, 2.24) is 5.32 Å². The van der Waals surface area contributed by atoms with Crippen molar-refractivity contribution in [2.45, 2.75) is 50.3 Å². The lowest BCUT2D eigenvalue weighted by Crippen LogP contribution is -2.56. The van der Waals surface area contributed by atoms with Crippen LogP contribution in [0.1, 0.15) is 48.6 Å². The van der Waals surface area contributed by atoms with Crippen molar-refractivity contribution in [1.29, 1.82) is 0 Å². The summed E-state index contributed by atoms with van der Waals surface area (Å²) in [5.74, 6) is -2.08. The fourth-order valence-electron chi connectivity index (χ4n) is 3.23. The maximum Gasteiger partial charge on any atom is 0.416 e. The van der Waals surface area contributed by atoms with Gasteiger partial charge in [0.2, 0.25) is 5.91 Å². The van der Waals surface area contributed by atoms with Crippen molar-refractivity contribution in [3.63, 3.8) is 0 Å². The monoisotopic (exact) mass is 487 g/mol. The van der Waals surface area contributed by atoms with E-state index < -0.39 is 44.5 Å². The van der Waals surface area contributed by atoms with E-state index in [1.54, 1.807) is 44.2 Å². The van der Waals surface area contributed by atoms with Crippen molar-refractivity contribution in [2.75, 3.05) is 0 Å². The molecule has 2 aromatic carbocycles. The second kappa shape index (κ2) is 10.3. The number of halogens is 3. The number of benzene rings is 2. The molecule has 0 saturated carbocycles. The van der Waals surface area contributed by atoms with Gasteiger partial charge in [0.15, 0.2) is 5.25 Å². The number of ether oxygens (including phenoxy) is 1. The van der Waals surface area contributed by atoms with Gasteiger partial charge in [0.05, 0.1) is 5.56 Å². The second-order valence-corrected chi connectivity index (χ2v) is 8.86. The van der Waals surface area contributed by atoms with Crippen LogP contribution >= 0.6 is 0 Å². The first-order valence-corrected chi connectivity index (χ1v) is 11.5. The number of nitrogens with one attached hydrogen (secondary N) is 1. The zero-order valence-electron chi connectivity index (χ0n) is 17.9. The van der Waals surface area contributed by atoms with Crippen LogP contribution in [0, 0.1) is 0 Å². The highest BCUT2D eigenvalue weighted by atomic mass is 32.2. The standard InChI is InChI=1S/C22H24F3NO6S/c1-3-21(4-2,20(28)32-14-15-8-6-5-7-9-15)26-19(27)18(33(29,30)31)16-10-12-17(13-11-16)22(23,24)25/h5-13,18H,3-4,14H2,1-2H3,(H,26,27)(H,29,30,31). The third-order valence-electron chi connectivity index (χ3n) is 5.25. The molecule has 1 amide bonds. The molecule has 2 N–H and O–H groups in total. The summed E-state index contributed by atoms with van der Waals surface area (Å²) in [6.45, 7) is 3.07. The van der Waals surface area contributed by atoms with Crippen LogP contribution in [-0.2, 0) is 37.2 Å². The van der Waals surface area contributed by atoms with Gasteiger partial charge in [-0.3, -0.25) is 9.35 Å². The molecule has 7 nitrogen and oxygen atoms in total. The van der Waals surface area contributed by atoms with Gasteiger partial charge in [-0.1, -0.05) is 56.3 Å². The molecule has 0 aliphatic heterocycles. The van der Waals surface area contributed by atoms with E-state index >= 15 is 0 Å². The molecule has 1 atom stereocenters. The van der Waals surface area contributed by atoms with Crippen LogP contribution in [0.25, 0.3) is 0 Å². The summed E-state index contributed by atoms with van der Waals surface area (Å²) >= 11 is 0. The number of carbonyl (C=O) groups is 2. The van der Waals surface area contributed by atoms with Gasteiger partial charge in [-0.15, -0.1) is 0 Å². The minimum absolute atomic E-state index is 0.0358. The lowest BCUT2D eigenvalue weighted by Gasteiger charge is -2.31. The Kier molecular flexibility index (Phi) is 8.25. The number of hydrogen-bond acceptors (Lipinski definition) is 5. The molecule has 0 fully saturated rings. The highest BCUT2D eigenvalue weighted by Gasteiger charge is 2.43. The lowest BCUT2D eigenvalue weighted by molar-refractivity contribution is -0.155. The minimum atomic E-state index is -5.08. The molecule has 33 heavy (non-hydrogen) atoms. The summed E-state index contributed by atoms with van der Waals surface area (Å²) in [6.07, 6.45) is -4.60. The third kappa shape index (κ3) is 6.55. The van der Waals surface area contributed by atoms with Crippen LogP contribution < -0.4 is 5.32 Å². The van der Waals surface area contributed by atoms with E-state index in [0.29, 0.717) is 17.7 Å². The number of amides is 1. The van der Waals surface area contributed by atoms with E-state index in [-0.39, 0.29) is 25.0 Å². The molecule has 1 unspecified atom stereocenters. The van der Waals surface area contributed by atoms with E-state index in [1.807, 2.05) is 0 Å². The average Bonchev–Trinajstić information content (AvgIpc) is 2.75. The van der Waals surface area contributed by atoms with Gasteiger partial charge in [-0.05, 0) is 36.1 Å². The number of hydrogen-bond donors (Lipinski definition) is 2. The van der Waals surface area contributed by atoms with Crippen LogP contribution in [0.4, 0.5) is 13.2 Å². The Morgan fingerprint density at radius 2 is 1.55 bits per heavy atom. The summed E-state index contributed by atoms with van der Waals surface area (Å²) in [6, 6.07) is 11.5. The van der Waals surface area contributed by atoms with Gasteiger partial charge in [-0.25, -0.2) is 4.79 Å². The van der Waals surface area contributed by atoms with Gasteiger partial charge in [0, 0.05) is 0 Å². The highest BCUT2D eigenvalue weighted by Crippen LogP contribution is 2.32. The van der Waals surface area contributed by atoms with Crippen molar-refractivity contribution in [3.05, 3.63) is 71.3 Å². The molecule has 0 bridgehead atoms. The molecule has 2 rings (SSSR count). The number of carbonyl (C=O) groups excluding carboxylic acids is 2. The van der Waals surface area contributed by atoms with Crippen molar-refractivity contribution in [2.24, 2.45) is 0 Å². The van der Waals surface area contributed by atoms with E-state index in [9.17, 15) is 35.7 Å². The van der Waals surface area contributed by atoms with Crippen LogP contribution in [0.2, 0.25) is 0 Å². The quantitative estimate of drug-likeness (QED) is 0.408. The van der Waals surface area contributed by atoms with E-state index in [2.05, 4.69) is 5.32 Å².